The lowest BCUT2D eigenvalue weighted by atomic mass is 10.2. The van der Waals surface area contributed by atoms with Crippen LogP contribution < -0.4 is 0 Å². The van der Waals surface area contributed by atoms with Crippen LogP contribution in [0.25, 0.3) is 0 Å². The van der Waals surface area contributed by atoms with Crippen LogP contribution in [0.15, 0.2) is 25.2 Å². The van der Waals surface area contributed by atoms with Crippen LogP contribution in [0, 0.1) is 0 Å². The van der Waals surface area contributed by atoms with Crippen molar-refractivity contribution in [2.24, 2.45) is 0 Å². The van der Waals surface area contributed by atoms with Crippen molar-refractivity contribution in [3.8, 4) is 0 Å². The smallest absolute Gasteiger partial charge is 0.0960 e. The van der Waals surface area contributed by atoms with Crippen molar-refractivity contribution in [3.05, 3.63) is 25.2 Å². The summed E-state index contributed by atoms with van der Waals surface area (Å²) in [5, 5.41) is 8.42. The van der Waals surface area contributed by atoms with Crippen LogP contribution in [-0.2, 0) is 4.74 Å². The average Bonchev–Trinajstić information content (AvgIpc) is 1.89. The summed E-state index contributed by atoms with van der Waals surface area (Å²) in [6.45, 7) is 7.28. The summed E-state index contributed by atoms with van der Waals surface area (Å²) in [5.41, 5.74) is 0. The van der Waals surface area contributed by atoms with Gasteiger partial charge >= 0.3 is 0 Å². The summed E-state index contributed by atoms with van der Waals surface area (Å²) in [7, 11) is 0. The van der Waals surface area contributed by atoms with Gasteiger partial charge in [-0.15, -0.1) is 0 Å². The van der Waals surface area contributed by atoms with Gasteiger partial charge in [0, 0.05) is 13.0 Å². The van der Waals surface area contributed by atoms with E-state index in [1.807, 2.05) is 0 Å². The molecule has 2 nitrogen and oxygen atoms in total. The Labute approximate surface area is 61.8 Å². The van der Waals surface area contributed by atoms with Gasteiger partial charge in [0.25, 0.3) is 0 Å². The summed E-state index contributed by atoms with van der Waals surface area (Å²) >= 11 is 0. The molecule has 0 aliphatic rings. The van der Waals surface area contributed by atoms with Crippen molar-refractivity contribution >= 4 is 0 Å². The van der Waals surface area contributed by atoms with E-state index in [2.05, 4.69) is 13.2 Å². The van der Waals surface area contributed by atoms with Crippen LogP contribution in [0.1, 0.15) is 19.3 Å². The highest BCUT2D eigenvalue weighted by Gasteiger charge is 1.91. The molecule has 0 radical (unpaired) electrons. The molecule has 0 atom stereocenters. The van der Waals surface area contributed by atoms with Gasteiger partial charge in [-0.05, 0) is 12.8 Å². The van der Waals surface area contributed by atoms with Crippen molar-refractivity contribution < 1.29 is 9.84 Å². The van der Waals surface area contributed by atoms with E-state index in [0.717, 1.165) is 19.3 Å². The first-order valence-corrected chi connectivity index (χ1v) is 3.37. The molecule has 0 aliphatic carbocycles. The lowest BCUT2D eigenvalue weighted by Gasteiger charge is -2.01. The highest BCUT2D eigenvalue weighted by atomic mass is 16.5. The van der Waals surface area contributed by atoms with E-state index >= 15 is 0 Å². The Morgan fingerprint density at radius 3 is 2.70 bits per heavy atom. The Morgan fingerprint density at radius 1 is 1.50 bits per heavy atom. The van der Waals surface area contributed by atoms with E-state index in [9.17, 15) is 0 Å². The van der Waals surface area contributed by atoms with Crippen LogP contribution in [0.2, 0.25) is 0 Å². The molecule has 0 saturated carbocycles. The zero-order chi connectivity index (χ0) is 7.82. The van der Waals surface area contributed by atoms with E-state index in [4.69, 9.17) is 9.84 Å². The SMILES string of the molecule is C=COC(=C)CCCCO. The summed E-state index contributed by atoms with van der Waals surface area (Å²) in [6.07, 6.45) is 3.89. The maximum Gasteiger partial charge on any atom is 0.0960 e. The molecule has 0 saturated heterocycles. The van der Waals surface area contributed by atoms with Crippen molar-refractivity contribution in [3.63, 3.8) is 0 Å². The van der Waals surface area contributed by atoms with Gasteiger partial charge in [-0.3, -0.25) is 0 Å². The zero-order valence-corrected chi connectivity index (χ0v) is 6.18. The molecule has 58 valence electrons. The van der Waals surface area contributed by atoms with Gasteiger partial charge in [0.15, 0.2) is 0 Å². The predicted molar refractivity (Wildman–Crippen MR) is 41.4 cm³/mol. The number of ether oxygens (including phenoxy) is 1. The third-order valence-corrected chi connectivity index (χ3v) is 1.11. The molecule has 0 aromatic heterocycles. The number of hydrogen-bond acceptors (Lipinski definition) is 2. The van der Waals surface area contributed by atoms with Crippen LogP contribution >= 0.6 is 0 Å². The second-order valence-corrected chi connectivity index (χ2v) is 2.00. The normalized spacial score (nSPS) is 8.90. The summed E-state index contributed by atoms with van der Waals surface area (Å²) in [6, 6.07) is 0. The molecule has 0 fully saturated rings. The summed E-state index contributed by atoms with van der Waals surface area (Å²) < 4.78 is 4.88. The molecule has 0 aromatic rings. The minimum absolute atomic E-state index is 0.237. The minimum Gasteiger partial charge on any atom is -0.471 e. The van der Waals surface area contributed by atoms with E-state index in [-0.39, 0.29) is 6.61 Å². The third-order valence-electron chi connectivity index (χ3n) is 1.11. The molecular formula is C8H14O2. The number of allylic oxidation sites excluding steroid dienone is 1. The summed E-state index contributed by atoms with van der Waals surface area (Å²) in [5.74, 6) is 0.712. The fraction of sp³-hybridized carbons (Fsp3) is 0.500. The van der Waals surface area contributed by atoms with Crippen LogP contribution in [0.3, 0.4) is 0 Å². The zero-order valence-electron chi connectivity index (χ0n) is 6.18. The maximum atomic E-state index is 8.42. The van der Waals surface area contributed by atoms with Crippen molar-refractivity contribution in [2.45, 2.75) is 19.3 Å². The Bertz CT molecular complexity index is 108. The van der Waals surface area contributed by atoms with Gasteiger partial charge in [0.2, 0.25) is 0 Å². The van der Waals surface area contributed by atoms with E-state index in [1.165, 1.54) is 6.26 Å². The predicted octanol–water partition coefficient (Wildman–Crippen LogP) is 1.82. The second-order valence-electron chi connectivity index (χ2n) is 2.00. The lowest BCUT2D eigenvalue weighted by molar-refractivity contribution is 0.276. The van der Waals surface area contributed by atoms with Gasteiger partial charge < -0.3 is 9.84 Å². The highest BCUT2D eigenvalue weighted by molar-refractivity contribution is 4.84. The topological polar surface area (TPSA) is 29.5 Å². The molecule has 0 amide bonds. The summed E-state index contributed by atoms with van der Waals surface area (Å²) in [4.78, 5) is 0. The first kappa shape index (κ1) is 9.24. The molecule has 0 aliphatic heterocycles. The lowest BCUT2D eigenvalue weighted by Crippen LogP contribution is -1.86. The van der Waals surface area contributed by atoms with E-state index < -0.39 is 0 Å². The van der Waals surface area contributed by atoms with Crippen molar-refractivity contribution in [2.75, 3.05) is 6.61 Å². The number of rotatable bonds is 6. The standard InChI is InChI=1S/C8H14O2/c1-3-10-8(2)6-4-5-7-9/h3,9H,1-2,4-7H2. The van der Waals surface area contributed by atoms with Gasteiger partial charge in [-0.1, -0.05) is 13.2 Å². The highest BCUT2D eigenvalue weighted by Crippen LogP contribution is 2.05. The molecule has 0 rings (SSSR count). The van der Waals surface area contributed by atoms with E-state index in [0.29, 0.717) is 5.76 Å². The second kappa shape index (κ2) is 6.36. The van der Waals surface area contributed by atoms with Gasteiger partial charge in [0.1, 0.15) is 0 Å². The maximum absolute atomic E-state index is 8.42. The third kappa shape index (κ3) is 5.38. The number of unbranched alkanes of at least 4 members (excludes halogenated alkanes) is 1. The molecule has 0 bridgehead atoms. The first-order valence-electron chi connectivity index (χ1n) is 3.37. The fourth-order valence-electron chi connectivity index (χ4n) is 0.611. The van der Waals surface area contributed by atoms with Crippen LogP contribution in [0.5, 0.6) is 0 Å². The van der Waals surface area contributed by atoms with Crippen molar-refractivity contribution in [1.82, 2.24) is 0 Å². The largest absolute Gasteiger partial charge is 0.471 e. The van der Waals surface area contributed by atoms with E-state index in [1.54, 1.807) is 0 Å². The first-order chi connectivity index (χ1) is 4.81. The number of aliphatic hydroxyl groups is 1. The van der Waals surface area contributed by atoms with Crippen molar-refractivity contribution in [1.29, 1.82) is 0 Å². The Morgan fingerprint density at radius 2 is 2.20 bits per heavy atom. The molecule has 1 N–H and O–H groups in total. The molecular weight excluding hydrogens is 128 g/mol. The van der Waals surface area contributed by atoms with Gasteiger partial charge in [0.05, 0.1) is 12.0 Å². The van der Waals surface area contributed by atoms with Gasteiger partial charge in [-0.2, -0.15) is 0 Å². The molecule has 0 heterocycles. The minimum atomic E-state index is 0.237. The fourth-order valence-corrected chi connectivity index (χ4v) is 0.611. The Kier molecular flexibility index (Phi) is 5.88. The number of aliphatic hydroxyl groups excluding tert-OH is 1. The molecule has 0 unspecified atom stereocenters. The Hall–Kier alpha value is -0.760. The Balaban J connectivity index is 3.13. The molecule has 2 heteroatoms. The molecule has 0 aromatic carbocycles. The van der Waals surface area contributed by atoms with Crippen LogP contribution in [0.4, 0.5) is 0 Å². The number of hydrogen-bond donors (Lipinski definition) is 1. The molecule has 10 heavy (non-hydrogen) atoms. The monoisotopic (exact) mass is 142 g/mol. The quantitative estimate of drug-likeness (QED) is 0.453. The van der Waals surface area contributed by atoms with Crippen LogP contribution in [-0.4, -0.2) is 11.7 Å². The average molecular weight is 142 g/mol. The molecule has 0 spiro atoms. The van der Waals surface area contributed by atoms with Gasteiger partial charge in [-0.25, -0.2) is 0 Å².